The zero-order chi connectivity index (χ0) is 23.8. The molecule has 2 amide bonds. The number of carbonyl (C=O) groups excluding carboxylic acids is 2. The molecule has 172 valence electrons. The maximum atomic E-state index is 12.6. The molecule has 34 heavy (non-hydrogen) atoms. The predicted molar refractivity (Wildman–Crippen MR) is 135 cm³/mol. The van der Waals surface area contributed by atoms with Crippen LogP contribution in [-0.4, -0.2) is 37.3 Å². The van der Waals surface area contributed by atoms with E-state index in [9.17, 15) is 9.59 Å². The maximum absolute atomic E-state index is 12.6. The zero-order valence-electron chi connectivity index (χ0n) is 18.3. The number of rotatable bonds is 9. The van der Waals surface area contributed by atoms with E-state index in [0.29, 0.717) is 10.8 Å². The standard InChI is InChI=1S/C24H22N6O2S2/c1-17(31)27-20-8-5-9-21(13-20)30-16-26-29-24(30)34-15-22(32)28-19-7-4-6-18(12-19)14-33-23-10-2-3-11-25-23/h2-13,16H,14-15H2,1H3,(H,27,31)(H,28,32). The number of hydrogen-bond donors (Lipinski definition) is 2. The van der Waals surface area contributed by atoms with E-state index in [1.807, 2.05) is 60.7 Å². The van der Waals surface area contributed by atoms with E-state index < -0.39 is 0 Å². The minimum atomic E-state index is -0.147. The summed E-state index contributed by atoms with van der Waals surface area (Å²) in [5.41, 5.74) is 3.31. The van der Waals surface area contributed by atoms with Crippen LogP contribution in [0.4, 0.5) is 11.4 Å². The van der Waals surface area contributed by atoms with Gasteiger partial charge in [-0.25, -0.2) is 4.98 Å². The first-order valence-corrected chi connectivity index (χ1v) is 12.4. The number of anilines is 2. The Morgan fingerprint density at radius 3 is 2.56 bits per heavy atom. The molecule has 2 heterocycles. The Labute approximate surface area is 205 Å². The minimum Gasteiger partial charge on any atom is -0.326 e. The quantitative estimate of drug-likeness (QED) is 0.330. The van der Waals surface area contributed by atoms with Crippen molar-refractivity contribution < 1.29 is 9.59 Å². The molecule has 0 saturated carbocycles. The normalized spacial score (nSPS) is 10.6. The van der Waals surface area contributed by atoms with E-state index >= 15 is 0 Å². The predicted octanol–water partition coefficient (Wildman–Crippen LogP) is 4.64. The molecule has 0 spiro atoms. The first kappa shape index (κ1) is 23.5. The number of aromatic nitrogens is 4. The molecular weight excluding hydrogens is 468 g/mol. The van der Waals surface area contributed by atoms with E-state index in [1.54, 1.807) is 34.9 Å². The summed E-state index contributed by atoms with van der Waals surface area (Å²) in [5.74, 6) is 0.653. The second-order valence-corrected chi connectivity index (χ2v) is 9.15. The van der Waals surface area contributed by atoms with Crippen LogP contribution in [-0.2, 0) is 15.3 Å². The number of pyridine rings is 1. The Hall–Kier alpha value is -3.63. The van der Waals surface area contributed by atoms with Gasteiger partial charge in [0.05, 0.1) is 16.5 Å². The fraction of sp³-hybridized carbons (Fsp3) is 0.125. The van der Waals surface area contributed by atoms with Gasteiger partial charge in [-0.2, -0.15) is 0 Å². The summed E-state index contributed by atoms with van der Waals surface area (Å²) >= 11 is 2.93. The molecule has 10 heteroatoms. The Morgan fingerprint density at radius 2 is 1.76 bits per heavy atom. The van der Waals surface area contributed by atoms with Crippen LogP contribution in [0.15, 0.2) is 89.4 Å². The van der Waals surface area contributed by atoms with Crippen molar-refractivity contribution in [1.29, 1.82) is 0 Å². The topological polar surface area (TPSA) is 102 Å². The van der Waals surface area contributed by atoms with Crippen molar-refractivity contribution in [3.63, 3.8) is 0 Å². The second kappa shape index (κ2) is 11.5. The van der Waals surface area contributed by atoms with Crippen molar-refractivity contribution >= 4 is 46.7 Å². The van der Waals surface area contributed by atoms with Crippen LogP contribution < -0.4 is 10.6 Å². The summed E-state index contributed by atoms with van der Waals surface area (Å²) in [4.78, 5) is 28.2. The van der Waals surface area contributed by atoms with Gasteiger partial charge in [-0.15, -0.1) is 22.0 Å². The van der Waals surface area contributed by atoms with Gasteiger partial charge < -0.3 is 10.6 Å². The molecular formula is C24H22N6O2S2. The van der Waals surface area contributed by atoms with Crippen LogP contribution >= 0.6 is 23.5 Å². The maximum Gasteiger partial charge on any atom is 0.234 e. The molecule has 0 fully saturated rings. The molecule has 0 atom stereocenters. The highest BCUT2D eigenvalue weighted by Gasteiger charge is 2.11. The van der Waals surface area contributed by atoms with E-state index in [1.165, 1.54) is 18.7 Å². The molecule has 2 aromatic carbocycles. The lowest BCUT2D eigenvalue weighted by molar-refractivity contribution is -0.114. The highest BCUT2D eigenvalue weighted by Crippen LogP contribution is 2.24. The third-order valence-electron chi connectivity index (χ3n) is 4.53. The van der Waals surface area contributed by atoms with Gasteiger partial charge in [0.15, 0.2) is 5.16 Å². The Bertz CT molecular complexity index is 1280. The second-order valence-electron chi connectivity index (χ2n) is 7.21. The lowest BCUT2D eigenvalue weighted by Gasteiger charge is -2.09. The number of benzene rings is 2. The molecule has 0 bridgehead atoms. The van der Waals surface area contributed by atoms with Crippen molar-refractivity contribution in [2.24, 2.45) is 0 Å². The molecule has 0 radical (unpaired) electrons. The van der Waals surface area contributed by atoms with Crippen LogP contribution in [0, 0.1) is 0 Å². The first-order valence-electron chi connectivity index (χ1n) is 10.4. The Morgan fingerprint density at radius 1 is 0.941 bits per heavy atom. The SMILES string of the molecule is CC(=O)Nc1cccc(-n2cnnc2SCC(=O)Nc2cccc(CSc3ccccn3)c2)c1. The molecule has 0 aliphatic carbocycles. The third kappa shape index (κ3) is 6.69. The number of nitrogens with one attached hydrogen (secondary N) is 2. The molecule has 0 aliphatic heterocycles. The van der Waals surface area contributed by atoms with E-state index in [0.717, 1.165) is 27.7 Å². The lowest BCUT2D eigenvalue weighted by atomic mass is 10.2. The van der Waals surface area contributed by atoms with Gasteiger partial charge in [0.25, 0.3) is 0 Å². The summed E-state index contributed by atoms with van der Waals surface area (Å²) in [6.45, 7) is 1.46. The molecule has 4 aromatic rings. The van der Waals surface area contributed by atoms with Gasteiger partial charge in [-0.05, 0) is 48.0 Å². The molecule has 2 aromatic heterocycles. The molecule has 0 saturated heterocycles. The van der Waals surface area contributed by atoms with Gasteiger partial charge >= 0.3 is 0 Å². The van der Waals surface area contributed by atoms with Crippen LogP contribution in [0.5, 0.6) is 0 Å². The average Bonchev–Trinajstić information content (AvgIpc) is 3.31. The van der Waals surface area contributed by atoms with Crippen molar-refractivity contribution in [2.45, 2.75) is 22.9 Å². The summed E-state index contributed by atoms with van der Waals surface area (Å²) in [6, 6.07) is 21.0. The van der Waals surface area contributed by atoms with Crippen molar-refractivity contribution in [2.75, 3.05) is 16.4 Å². The van der Waals surface area contributed by atoms with Crippen molar-refractivity contribution in [3.05, 3.63) is 84.8 Å². The Kier molecular flexibility index (Phi) is 7.95. The van der Waals surface area contributed by atoms with Gasteiger partial charge in [-0.1, -0.05) is 36.0 Å². The van der Waals surface area contributed by atoms with Crippen molar-refractivity contribution in [1.82, 2.24) is 19.7 Å². The first-order chi connectivity index (χ1) is 16.6. The van der Waals surface area contributed by atoms with Crippen LogP contribution in [0.2, 0.25) is 0 Å². The smallest absolute Gasteiger partial charge is 0.234 e. The number of thioether (sulfide) groups is 2. The molecule has 2 N–H and O–H groups in total. The van der Waals surface area contributed by atoms with Gasteiger partial charge in [0, 0.05) is 30.2 Å². The molecule has 4 rings (SSSR count). The van der Waals surface area contributed by atoms with E-state index in [-0.39, 0.29) is 17.6 Å². The number of nitrogens with zero attached hydrogens (tertiary/aromatic N) is 4. The minimum absolute atomic E-state index is 0.138. The van der Waals surface area contributed by atoms with E-state index in [2.05, 4.69) is 25.8 Å². The number of hydrogen-bond acceptors (Lipinski definition) is 7. The fourth-order valence-electron chi connectivity index (χ4n) is 3.09. The number of carbonyl (C=O) groups is 2. The van der Waals surface area contributed by atoms with E-state index in [4.69, 9.17) is 0 Å². The monoisotopic (exact) mass is 490 g/mol. The Balaban J connectivity index is 1.34. The molecule has 8 nitrogen and oxygen atoms in total. The fourth-order valence-corrected chi connectivity index (χ4v) is 4.63. The van der Waals surface area contributed by atoms with Gasteiger partial charge in [0.1, 0.15) is 6.33 Å². The van der Waals surface area contributed by atoms with Crippen LogP contribution in [0.1, 0.15) is 12.5 Å². The summed E-state index contributed by atoms with van der Waals surface area (Å²) in [7, 11) is 0. The highest BCUT2D eigenvalue weighted by molar-refractivity contribution is 7.99. The van der Waals surface area contributed by atoms with Gasteiger partial charge in [0.2, 0.25) is 11.8 Å². The average molecular weight is 491 g/mol. The van der Waals surface area contributed by atoms with Gasteiger partial charge in [-0.3, -0.25) is 14.2 Å². The summed E-state index contributed by atoms with van der Waals surface area (Å²) in [5, 5.41) is 15.3. The molecule has 0 aliphatic rings. The number of amides is 2. The highest BCUT2D eigenvalue weighted by atomic mass is 32.2. The van der Waals surface area contributed by atoms with Crippen molar-refractivity contribution in [3.8, 4) is 5.69 Å². The van der Waals surface area contributed by atoms with Crippen LogP contribution in [0.3, 0.4) is 0 Å². The largest absolute Gasteiger partial charge is 0.326 e. The summed E-state index contributed by atoms with van der Waals surface area (Å²) < 4.78 is 1.78. The molecule has 0 unspecified atom stereocenters. The summed E-state index contributed by atoms with van der Waals surface area (Å²) in [6.07, 6.45) is 3.35. The lowest BCUT2D eigenvalue weighted by Crippen LogP contribution is -2.14. The third-order valence-corrected chi connectivity index (χ3v) is 6.49. The van der Waals surface area contributed by atoms with Crippen LogP contribution in [0.25, 0.3) is 5.69 Å². The zero-order valence-corrected chi connectivity index (χ0v) is 20.0.